The number of esters is 1. The normalized spacial score (nSPS) is 12.7. The molecule has 0 spiro atoms. The van der Waals surface area contributed by atoms with Gasteiger partial charge in [0, 0.05) is 16.5 Å². The number of carbonyl (C=O) groups is 1. The van der Waals surface area contributed by atoms with Gasteiger partial charge >= 0.3 is 11.6 Å². The van der Waals surface area contributed by atoms with Crippen LogP contribution in [0, 0.1) is 27.7 Å². The molecular weight excluding hydrogens is 418 g/mol. The van der Waals surface area contributed by atoms with Gasteiger partial charge in [0.05, 0.1) is 4.90 Å². The van der Waals surface area contributed by atoms with Crippen LogP contribution >= 0.6 is 0 Å². The minimum Gasteiger partial charge on any atom is -0.425 e. The number of fused-ring (bicyclic) bond motifs is 1. The zero-order chi connectivity index (χ0) is 22.9. The van der Waals surface area contributed by atoms with E-state index < -0.39 is 27.7 Å². The van der Waals surface area contributed by atoms with E-state index in [2.05, 4.69) is 4.72 Å². The lowest BCUT2D eigenvalue weighted by atomic mass is 10.0. The van der Waals surface area contributed by atoms with Crippen molar-refractivity contribution in [3.05, 3.63) is 69.1 Å². The Balaban J connectivity index is 1.88. The summed E-state index contributed by atoms with van der Waals surface area (Å²) in [5, 5.41) is 0.751. The maximum Gasteiger partial charge on any atom is 0.339 e. The largest absolute Gasteiger partial charge is 0.425 e. The molecule has 1 atom stereocenters. The van der Waals surface area contributed by atoms with E-state index in [4.69, 9.17) is 9.15 Å². The molecule has 0 aliphatic carbocycles. The van der Waals surface area contributed by atoms with E-state index >= 15 is 0 Å². The first-order valence-corrected chi connectivity index (χ1v) is 11.4. The lowest BCUT2D eigenvalue weighted by Gasteiger charge is -2.17. The predicted octanol–water partition coefficient (Wildman–Crippen LogP) is 3.69. The molecule has 0 aliphatic rings. The second-order valence-electron chi connectivity index (χ2n) is 7.52. The quantitative estimate of drug-likeness (QED) is 0.354. The lowest BCUT2D eigenvalue weighted by molar-refractivity contribution is -0.136. The summed E-state index contributed by atoms with van der Waals surface area (Å²) >= 11 is 0. The van der Waals surface area contributed by atoms with Gasteiger partial charge in [0.15, 0.2) is 0 Å². The van der Waals surface area contributed by atoms with Crippen LogP contribution in [0.2, 0.25) is 0 Å². The average Bonchev–Trinajstić information content (AvgIpc) is 2.73. The van der Waals surface area contributed by atoms with Gasteiger partial charge in [0.25, 0.3) is 0 Å². The molecule has 0 aliphatic heterocycles. The first kappa shape index (κ1) is 22.7. The van der Waals surface area contributed by atoms with Crippen molar-refractivity contribution in [1.82, 2.24) is 4.72 Å². The third-order valence-electron chi connectivity index (χ3n) is 5.36. The number of carbonyl (C=O) groups excluding carboxylic acids is 1. The van der Waals surface area contributed by atoms with Crippen LogP contribution in [0.4, 0.5) is 0 Å². The molecule has 1 aromatic heterocycles. The topological polar surface area (TPSA) is 103 Å². The molecule has 0 bridgehead atoms. The highest BCUT2D eigenvalue weighted by Crippen LogP contribution is 2.29. The summed E-state index contributed by atoms with van der Waals surface area (Å²) in [6.07, 6.45) is 0.198. The molecule has 31 heavy (non-hydrogen) atoms. The third kappa shape index (κ3) is 4.55. The highest BCUT2D eigenvalue weighted by Gasteiger charge is 2.27. The number of aryl methyl sites for hydroxylation is 3. The van der Waals surface area contributed by atoms with Crippen molar-refractivity contribution in [1.29, 1.82) is 0 Å². The van der Waals surface area contributed by atoms with Crippen LogP contribution in [-0.4, -0.2) is 20.4 Å². The van der Waals surface area contributed by atoms with Gasteiger partial charge in [-0.25, -0.2) is 18.0 Å². The van der Waals surface area contributed by atoms with Crippen molar-refractivity contribution in [3.8, 4) is 5.75 Å². The van der Waals surface area contributed by atoms with Gasteiger partial charge < -0.3 is 9.15 Å². The monoisotopic (exact) mass is 443 g/mol. The Kier molecular flexibility index (Phi) is 6.33. The first-order valence-electron chi connectivity index (χ1n) is 9.89. The summed E-state index contributed by atoms with van der Waals surface area (Å²) in [5.74, 6) is -0.538. The number of nitrogens with one attached hydrogen (secondary N) is 1. The summed E-state index contributed by atoms with van der Waals surface area (Å²) in [6.45, 7) is 8.73. The minimum absolute atomic E-state index is 0.0684. The second kappa shape index (κ2) is 8.64. The fourth-order valence-corrected chi connectivity index (χ4v) is 4.45. The van der Waals surface area contributed by atoms with E-state index in [0.29, 0.717) is 16.7 Å². The Labute approximate surface area is 181 Å². The molecule has 1 unspecified atom stereocenters. The summed E-state index contributed by atoms with van der Waals surface area (Å²) in [7, 11) is -3.90. The summed E-state index contributed by atoms with van der Waals surface area (Å²) in [6, 6.07) is 8.59. The molecule has 0 amide bonds. The van der Waals surface area contributed by atoms with E-state index in [1.54, 1.807) is 45.0 Å². The van der Waals surface area contributed by atoms with Crippen LogP contribution in [0.3, 0.4) is 0 Å². The van der Waals surface area contributed by atoms with E-state index in [0.717, 1.165) is 16.5 Å². The third-order valence-corrected chi connectivity index (χ3v) is 6.84. The molecule has 3 aromatic rings. The van der Waals surface area contributed by atoms with Crippen LogP contribution in [0.25, 0.3) is 11.0 Å². The SMILES string of the molecule is CCC(NS(=O)(=O)c1ccc(C)cc1)C(=O)Oc1ccc2c(C)c(C)c(=O)oc2c1C. The van der Waals surface area contributed by atoms with E-state index in [1.807, 2.05) is 13.8 Å². The molecule has 7 nitrogen and oxygen atoms in total. The van der Waals surface area contributed by atoms with Gasteiger partial charge in [-0.3, -0.25) is 0 Å². The Morgan fingerprint density at radius 2 is 1.65 bits per heavy atom. The molecule has 0 radical (unpaired) electrons. The van der Waals surface area contributed by atoms with Gasteiger partial charge in [-0.15, -0.1) is 0 Å². The van der Waals surface area contributed by atoms with Crippen molar-refractivity contribution in [3.63, 3.8) is 0 Å². The van der Waals surface area contributed by atoms with Crippen LogP contribution in [0.1, 0.15) is 35.6 Å². The van der Waals surface area contributed by atoms with Crippen molar-refractivity contribution >= 4 is 27.0 Å². The summed E-state index contributed by atoms with van der Waals surface area (Å²) in [4.78, 5) is 24.9. The number of benzene rings is 2. The molecule has 0 saturated carbocycles. The summed E-state index contributed by atoms with van der Waals surface area (Å²) < 4.78 is 38.6. The molecule has 3 rings (SSSR count). The fourth-order valence-electron chi connectivity index (χ4n) is 3.19. The average molecular weight is 444 g/mol. The molecule has 8 heteroatoms. The van der Waals surface area contributed by atoms with Crippen LogP contribution in [0.5, 0.6) is 5.75 Å². The maximum atomic E-state index is 12.7. The number of hydrogen-bond donors (Lipinski definition) is 1. The molecule has 1 N–H and O–H groups in total. The van der Waals surface area contributed by atoms with Gasteiger partial charge in [-0.2, -0.15) is 4.72 Å². The number of sulfonamides is 1. The Morgan fingerprint density at radius 3 is 2.26 bits per heavy atom. The van der Waals surface area contributed by atoms with Crippen LogP contribution < -0.4 is 15.1 Å². The standard InChI is InChI=1S/C23H25NO6S/c1-6-19(24-31(27,28)17-9-7-13(2)8-10-17)23(26)29-20-12-11-18-14(3)15(4)22(25)30-21(18)16(20)5/h7-12,19,24H,6H2,1-5H3. The predicted molar refractivity (Wildman–Crippen MR) is 118 cm³/mol. The van der Waals surface area contributed by atoms with Gasteiger partial charge in [0.1, 0.15) is 17.4 Å². The molecule has 0 fully saturated rings. The van der Waals surface area contributed by atoms with Gasteiger partial charge in [0.2, 0.25) is 10.0 Å². The zero-order valence-electron chi connectivity index (χ0n) is 18.1. The minimum atomic E-state index is -3.90. The Hall–Kier alpha value is -2.97. The second-order valence-corrected chi connectivity index (χ2v) is 9.24. The molecular formula is C23H25NO6S. The van der Waals surface area contributed by atoms with Crippen molar-refractivity contribution in [2.45, 2.75) is 52.0 Å². The lowest BCUT2D eigenvalue weighted by Crippen LogP contribution is -2.42. The maximum absolute atomic E-state index is 12.7. The van der Waals surface area contributed by atoms with E-state index in [-0.39, 0.29) is 17.1 Å². The van der Waals surface area contributed by atoms with Crippen molar-refractivity contribution < 1.29 is 22.4 Å². The smallest absolute Gasteiger partial charge is 0.339 e. The fraction of sp³-hybridized carbons (Fsp3) is 0.304. The Bertz CT molecular complexity index is 1310. The number of rotatable bonds is 6. The van der Waals surface area contributed by atoms with E-state index in [9.17, 15) is 18.0 Å². The highest BCUT2D eigenvalue weighted by atomic mass is 32.2. The molecule has 0 saturated heterocycles. The van der Waals surface area contributed by atoms with Gasteiger partial charge in [-0.05, 0) is 63.9 Å². The van der Waals surface area contributed by atoms with Crippen molar-refractivity contribution in [2.75, 3.05) is 0 Å². The van der Waals surface area contributed by atoms with Gasteiger partial charge in [-0.1, -0.05) is 24.6 Å². The zero-order valence-corrected chi connectivity index (χ0v) is 18.9. The molecule has 164 valence electrons. The molecule has 2 aromatic carbocycles. The Morgan fingerprint density at radius 1 is 1.00 bits per heavy atom. The van der Waals surface area contributed by atoms with E-state index in [1.165, 1.54) is 12.1 Å². The molecule has 1 heterocycles. The summed E-state index contributed by atoms with van der Waals surface area (Å²) in [5.41, 5.74) is 2.62. The van der Waals surface area contributed by atoms with Crippen LogP contribution in [0.15, 0.2) is 50.5 Å². The van der Waals surface area contributed by atoms with Crippen molar-refractivity contribution in [2.24, 2.45) is 0 Å². The highest BCUT2D eigenvalue weighted by molar-refractivity contribution is 7.89. The number of ether oxygens (including phenoxy) is 1. The first-order chi connectivity index (χ1) is 14.5. The number of hydrogen-bond acceptors (Lipinski definition) is 6. The van der Waals surface area contributed by atoms with Crippen LogP contribution in [-0.2, 0) is 14.8 Å².